The van der Waals surface area contributed by atoms with Crippen molar-refractivity contribution in [3.8, 4) is 22.8 Å². The number of rotatable bonds is 8. The third-order valence-corrected chi connectivity index (χ3v) is 8.04. The lowest BCUT2D eigenvalue weighted by Crippen LogP contribution is -2.46. The summed E-state index contributed by atoms with van der Waals surface area (Å²) in [5.74, 6) is 1.97. The zero-order chi connectivity index (χ0) is 22.6. The summed E-state index contributed by atoms with van der Waals surface area (Å²) in [6, 6.07) is 14.7. The SMILES string of the molecule is COc1ccccc1N1CCN(CCCCc2nc3c(s2)CCc2c(OC)cccc2-3)CC1.Cl. The third-order valence-electron chi connectivity index (χ3n) is 6.86. The molecule has 3 aromatic rings. The van der Waals surface area contributed by atoms with Crippen molar-refractivity contribution in [1.82, 2.24) is 9.88 Å². The van der Waals surface area contributed by atoms with Gasteiger partial charge in [0, 0.05) is 42.2 Å². The van der Waals surface area contributed by atoms with Crippen molar-refractivity contribution >= 4 is 29.4 Å². The summed E-state index contributed by atoms with van der Waals surface area (Å²) < 4.78 is 11.1. The van der Waals surface area contributed by atoms with Crippen molar-refractivity contribution in [3.05, 3.63) is 57.9 Å². The summed E-state index contributed by atoms with van der Waals surface area (Å²) in [7, 11) is 3.51. The molecule has 0 radical (unpaired) electrons. The number of fused-ring (bicyclic) bond motifs is 3. The molecule has 7 heteroatoms. The molecule has 1 aromatic heterocycles. The fourth-order valence-electron chi connectivity index (χ4n) is 5.08. The van der Waals surface area contributed by atoms with Gasteiger partial charge in [-0.1, -0.05) is 24.3 Å². The lowest BCUT2D eigenvalue weighted by Gasteiger charge is -2.36. The molecule has 0 N–H and O–H groups in total. The molecule has 0 bridgehead atoms. The first-order chi connectivity index (χ1) is 16.3. The molecule has 1 aliphatic carbocycles. The number of hydrogen-bond donors (Lipinski definition) is 0. The van der Waals surface area contributed by atoms with Crippen LogP contribution in [0, 0.1) is 0 Å². The summed E-state index contributed by atoms with van der Waals surface area (Å²) in [6.45, 7) is 5.51. The Labute approximate surface area is 213 Å². The number of aromatic nitrogens is 1. The third kappa shape index (κ3) is 5.19. The van der Waals surface area contributed by atoms with Gasteiger partial charge in [-0.3, -0.25) is 4.90 Å². The smallest absolute Gasteiger partial charge is 0.142 e. The fraction of sp³-hybridized carbons (Fsp3) is 0.444. The van der Waals surface area contributed by atoms with E-state index in [0.717, 1.165) is 56.9 Å². The standard InChI is InChI=1S/C27H33N3O2S.ClH/c1-31-23-11-7-8-21-20(23)13-14-25-27(21)28-26(33-25)12-5-6-15-29-16-18-30(19-17-29)22-9-3-4-10-24(22)32-2;/h3-4,7-11H,5-6,12-19H2,1-2H3;1H. The number of nitrogens with zero attached hydrogens (tertiary/aromatic N) is 3. The summed E-state index contributed by atoms with van der Waals surface area (Å²) in [6.07, 6.45) is 5.64. The van der Waals surface area contributed by atoms with Crippen molar-refractivity contribution in [2.24, 2.45) is 0 Å². The Kier molecular flexibility index (Phi) is 8.35. The molecule has 1 saturated heterocycles. The van der Waals surface area contributed by atoms with Crippen LogP contribution in [0.2, 0.25) is 0 Å². The molecule has 2 aliphatic rings. The second-order valence-electron chi connectivity index (χ2n) is 8.82. The minimum absolute atomic E-state index is 0. The number of aryl methyl sites for hydroxylation is 2. The first-order valence-corrected chi connectivity index (χ1v) is 12.8. The average Bonchev–Trinajstić information content (AvgIpc) is 3.30. The highest BCUT2D eigenvalue weighted by molar-refractivity contribution is 7.12. The Bertz CT molecular complexity index is 1100. The molecule has 0 unspecified atom stereocenters. The van der Waals surface area contributed by atoms with Crippen LogP contribution in [-0.2, 0) is 19.3 Å². The molecule has 5 rings (SSSR count). The monoisotopic (exact) mass is 499 g/mol. The van der Waals surface area contributed by atoms with E-state index in [1.165, 1.54) is 51.8 Å². The van der Waals surface area contributed by atoms with E-state index in [2.05, 4.69) is 40.1 Å². The number of hydrogen-bond acceptors (Lipinski definition) is 6. The zero-order valence-electron chi connectivity index (χ0n) is 20.1. The van der Waals surface area contributed by atoms with Gasteiger partial charge >= 0.3 is 0 Å². The van der Waals surface area contributed by atoms with Crippen LogP contribution in [-0.4, -0.2) is 56.8 Å². The van der Waals surface area contributed by atoms with E-state index in [4.69, 9.17) is 14.5 Å². The second-order valence-corrected chi connectivity index (χ2v) is 9.99. The number of unbranched alkanes of at least 4 members (excludes halogenated alkanes) is 1. The lowest BCUT2D eigenvalue weighted by molar-refractivity contribution is 0.252. The molecule has 0 saturated carbocycles. The van der Waals surface area contributed by atoms with Gasteiger partial charge in [0.25, 0.3) is 0 Å². The van der Waals surface area contributed by atoms with Crippen LogP contribution in [0.4, 0.5) is 5.69 Å². The van der Waals surface area contributed by atoms with Crippen LogP contribution in [0.15, 0.2) is 42.5 Å². The summed E-state index contributed by atoms with van der Waals surface area (Å²) in [5.41, 5.74) is 5.00. The van der Waals surface area contributed by atoms with Crippen LogP contribution in [0.25, 0.3) is 11.3 Å². The molecule has 5 nitrogen and oxygen atoms in total. The van der Waals surface area contributed by atoms with Crippen LogP contribution >= 0.6 is 23.7 Å². The van der Waals surface area contributed by atoms with Crippen molar-refractivity contribution < 1.29 is 9.47 Å². The van der Waals surface area contributed by atoms with E-state index in [1.807, 2.05) is 23.5 Å². The molecule has 1 aliphatic heterocycles. The Morgan fingerprint density at radius 2 is 1.65 bits per heavy atom. The Hall–Kier alpha value is -2.28. The zero-order valence-corrected chi connectivity index (χ0v) is 21.7. The number of thiazole rings is 1. The van der Waals surface area contributed by atoms with Crippen molar-refractivity contribution in [2.75, 3.05) is 51.8 Å². The molecule has 2 aromatic carbocycles. The minimum atomic E-state index is 0. The van der Waals surface area contributed by atoms with Gasteiger partial charge in [-0.05, 0) is 56.8 Å². The Balaban J connectivity index is 0.00000274. The van der Waals surface area contributed by atoms with Crippen molar-refractivity contribution in [3.63, 3.8) is 0 Å². The maximum Gasteiger partial charge on any atom is 0.142 e. The van der Waals surface area contributed by atoms with Gasteiger partial charge in [0.1, 0.15) is 11.5 Å². The van der Waals surface area contributed by atoms with Gasteiger partial charge in [-0.15, -0.1) is 23.7 Å². The number of anilines is 1. The molecule has 1 fully saturated rings. The van der Waals surface area contributed by atoms with Crippen LogP contribution in [0.3, 0.4) is 0 Å². The van der Waals surface area contributed by atoms with Gasteiger partial charge in [-0.25, -0.2) is 4.98 Å². The number of halogens is 1. The lowest BCUT2D eigenvalue weighted by atomic mass is 9.93. The molecule has 182 valence electrons. The van der Waals surface area contributed by atoms with Gasteiger partial charge < -0.3 is 14.4 Å². The number of ether oxygens (including phenoxy) is 2. The Morgan fingerprint density at radius 3 is 2.44 bits per heavy atom. The van der Waals surface area contributed by atoms with Crippen molar-refractivity contribution in [1.29, 1.82) is 0 Å². The van der Waals surface area contributed by atoms with Gasteiger partial charge in [0.2, 0.25) is 0 Å². The first-order valence-electron chi connectivity index (χ1n) is 12.0. The quantitative estimate of drug-likeness (QED) is 0.383. The number of methoxy groups -OCH3 is 2. The van der Waals surface area contributed by atoms with E-state index in [0.29, 0.717) is 0 Å². The molecular formula is C27H34ClN3O2S. The Morgan fingerprint density at radius 1 is 0.882 bits per heavy atom. The number of piperazine rings is 1. The maximum absolute atomic E-state index is 5.58. The highest BCUT2D eigenvalue weighted by atomic mass is 35.5. The highest BCUT2D eigenvalue weighted by Gasteiger charge is 2.23. The number of para-hydroxylation sites is 2. The van der Waals surface area contributed by atoms with E-state index in [9.17, 15) is 0 Å². The van der Waals surface area contributed by atoms with Gasteiger partial charge in [-0.2, -0.15) is 0 Å². The van der Waals surface area contributed by atoms with Crippen LogP contribution in [0.5, 0.6) is 11.5 Å². The molecular weight excluding hydrogens is 466 g/mol. The summed E-state index contributed by atoms with van der Waals surface area (Å²) >= 11 is 1.92. The normalized spacial score (nSPS) is 15.3. The molecule has 2 heterocycles. The average molecular weight is 500 g/mol. The molecule has 0 spiro atoms. The number of benzene rings is 2. The largest absolute Gasteiger partial charge is 0.496 e. The molecule has 34 heavy (non-hydrogen) atoms. The summed E-state index contributed by atoms with van der Waals surface area (Å²) in [4.78, 5) is 11.5. The van der Waals surface area contributed by atoms with Crippen molar-refractivity contribution in [2.45, 2.75) is 32.1 Å². The van der Waals surface area contributed by atoms with Crippen LogP contribution < -0.4 is 14.4 Å². The fourth-order valence-corrected chi connectivity index (χ4v) is 6.20. The van der Waals surface area contributed by atoms with Crippen LogP contribution in [0.1, 0.15) is 28.3 Å². The first kappa shape index (κ1) is 24.8. The second kappa shape index (κ2) is 11.4. The molecule has 0 amide bonds. The topological polar surface area (TPSA) is 37.8 Å². The predicted molar refractivity (Wildman–Crippen MR) is 143 cm³/mol. The maximum atomic E-state index is 5.58. The molecule has 0 atom stereocenters. The minimum Gasteiger partial charge on any atom is -0.496 e. The van der Waals surface area contributed by atoms with E-state index in [-0.39, 0.29) is 12.4 Å². The highest BCUT2D eigenvalue weighted by Crippen LogP contribution is 2.40. The van der Waals surface area contributed by atoms with E-state index in [1.54, 1.807) is 14.2 Å². The van der Waals surface area contributed by atoms with E-state index >= 15 is 0 Å². The summed E-state index contributed by atoms with van der Waals surface area (Å²) in [5, 5.41) is 1.29. The predicted octanol–water partition coefficient (Wildman–Crippen LogP) is 5.49. The van der Waals surface area contributed by atoms with Gasteiger partial charge in [0.15, 0.2) is 0 Å². The van der Waals surface area contributed by atoms with Gasteiger partial charge in [0.05, 0.1) is 30.6 Å². The van der Waals surface area contributed by atoms with E-state index < -0.39 is 0 Å².